The van der Waals surface area contributed by atoms with Crippen molar-refractivity contribution in [2.24, 2.45) is 5.92 Å². The Hall–Kier alpha value is -1.66. The molecule has 5 nitrogen and oxygen atoms in total. The van der Waals surface area contributed by atoms with Crippen LogP contribution in [0.5, 0.6) is 0 Å². The normalized spacial score (nSPS) is 30.9. The van der Waals surface area contributed by atoms with Gasteiger partial charge in [-0.15, -0.1) is 0 Å². The van der Waals surface area contributed by atoms with E-state index in [9.17, 15) is 4.79 Å². The fourth-order valence-corrected chi connectivity index (χ4v) is 5.35. The first-order chi connectivity index (χ1) is 14.3. The van der Waals surface area contributed by atoms with Gasteiger partial charge in [0.15, 0.2) is 0 Å². The molecular weight excluding hydrogens is 381 g/mol. The van der Waals surface area contributed by atoms with Crippen LogP contribution in [0.15, 0.2) is 30.3 Å². The maximum atomic E-state index is 15.3. The number of piperidine rings is 2. The van der Waals surface area contributed by atoms with Crippen molar-refractivity contribution in [3.8, 4) is 0 Å². The third kappa shape index (κ3) is 5.14. The first kappa shape index (κ1) is 21.6. The molecule has 4 saturated heterocycles. The Morgan fingerprint density at radius 2 is 1.83 bits per heavy atom. The second-order valence-electron chi connectivity index (χ2n) is 10.3. The summed E-state index contributed by atoms with van der Waals surface area (Å²) in [4.78, 5) is 18.9. The highest BCUT2D eigenvalue weighted by atomic mass is 19.1. The molecular formula is C24H36FN3O2. The molecule has 166 valence electrons. The first-order valence-electron chi connectivity index (χ1n) is 11.4. The van der Waals surface area contributed by atoms with Crippen molar-refractivity contribution in [3.05, 3.63) is 35.9 Å². The molecule has 1 amide bonds. The van der Waals surface area contributed by atoms with Crippen molar-refractivity contribution < 1.29 is 13.9 Å². The van der Waals surface area contributed by atoms with E-state index in [1.165, 1.54) is 12.0 Å². The van der Waals surface area contributed by atoms with Gasteiger partial charge in [0.2, 0.25) is 0 Å². The second kappa shape index (κ2) is 8.83. The van der Waals surface area contributed by atoms with Crippen molar-refractivity contribution in [1.82, 2.24) is 14.7 Å². The number of hydrogen-bond acceptors (Lipinski definition) is 4. The van der Waals surface area contributed by atoms with Gasteiger partial charge in [-0.1, -0.05) is 30.3 Å². The minimum atomic E-state index is -1.02. The molecule has 4 fully saturated rings. The lowest BCUT2D eigenvalue weighted by molar-refractivity contribution is -0.0231. The molecule has 0 aliphatic carbocycles. The van der Waals surface area contributed by atoms with Crippen LogP contribution in [0.4, 0.5) is 9.18 Å². The lowest BCUT2D eigenvalue weighted by Crippen LogP contribution is -2.59. The number of benzene rings is 1. The predicted octanol–water partition coefficient (Wildman–Crippen LogP) is 3.93. The summed E-state index contributed by atoms with van der Waals surface area (Å²) in [6.07, 6.45) is 1.65. The molecule has 1 aromatic rings. The van der Waals surface area contributed by atoms with Crippen LogP contribution in [0.1, 0.15) is 45.6 Å². The highest BCUT2D eigenvalue weighted by molar-refractivity contribution is 5.68. The average Bonchev–Trinajstić information content (AvgIpc) is 2.98. The number of amides is 1. The van der Waals surface area contributed by atoms with Crippen molar-refractivity contribution in [2.75, 3.05) is 32.7 Å². The molecule has 4 atom stereocenters. The topological polar surface area (TPSA) is 36.0 Å². The molecule has 0 radical (unpaired) electrons. The number of carbonyl (C=O) groups is 1. The van der Waals surface area contributed by atoms with Gasteiger partial charge in [0, 0.05) is 44.8 Å². The van der Waals surface area contributed by atoms with Crippen LogP contribution < -0.4 is 0 Å². The minimum Gasteiger partial charge on any atom is -0.444 e. The van der Waals surface area contributed by atoms with Crippen LogP contribution in [-0.4, -0.2) is 77.4 Å². The fourth-order valence-electron chi connectivity index (χ4n) is 5.35. The molecule has 4 aliphatic heterocycles. The van der Waals surface area contributed by atoms with Gasteiger partial charge in [-0.25, -0.2) is 9.18 Å². The Kier molecular flexibility index (Phi) is 6.35. The third-order valence-corrected chi connectivity index (χ3v) is 6.67. The van der Waals surface area contributed by atoms with E-state index in [-0.39, 0.29) is 12.6 Å². The number of hydrogen-bond donors (Lipinski definition) is 0. The molecule has 4 unspecified atom stereocenters. The minimum absolute atomic E-state index is 0.0897. The molecule has 5 rings (SSSR count). The van der Waals surface area contributed by atoms with E-state index >= 15 is 4.39 Å². The van der Waals surface area contributed by atoms with Crippen LogP contribution in [-0.2, 0) is 11.3 Å². The van der Waals surface area contributed by atoms with Crippen molar-refractivity contribution in [2.45, 2.75) is 70.4 Å². The average molecular weight is 418 g/mol. The summed E-state index contributed by atoms with van der Waals surface area (Å²) in [5.74, 6) is 0.601. The molecule has 0 spiro atoms. The highest BCUT2D eigenvalue weighted by Gasteiger charge is 2.43. The van der Waals surface area contributed by atoms with Gasteiger partial charge in [0.25, 0.3) is 0 Å². The molecule has 2 bridgehead atoms. The zero-order chi connectivity index (χ0) is 21.3. The Labute approximate surface area is 180 Å². The molecule has 0 saturated carbocycles. The van der Waals surface area contributed by atoms with E-state index in [4.69, 9.17) is 4.74 Å². The lowest BCUT2D eigenvalue weighted by Gasteiger charge is -2.46. The van der Waals surface area contributed by atoms with E-state index in [0.29, 0.717) is 24.9 Å². The van der Waals surface area contributed by atoms with E-state index in [2.05, 4.69) is 40.1 Å². The Balaban J connectivity index is 1.37. The number of likely N-dealkylation sites (tertiary alicyclic amines) is 1. The van der Waals surface area contributed by atoms with Gasteiger partial charge in [0.1, 0.15) is 11.8 Å². The Morgan fingerprint density at radius 1 is 1.07 bits per heavy atom. The maximum absolute atomic E-state index is 15.3. The summed E-state index contributed by atoms with van der Waals surface area (Å²) in [5, 5.41) is 0. The van der Waals surface area contributed by atoms with Gasteiger partial charge in [-0.05, 0) is 51.5 Å². The molecule has 4 aliphatic rings. The van der Waals surface area contributed by atoms with Crippen LogP contribution in [0.2, 0.25) is 0 Å². The third-order valence-electron chi connectivity index (χ3n) is 6.67. The van der Waals surface area contributed by atoms with Crippen molar-refractivity contribution in [1.29, 1.82) is 0 Å². The highest BCUT2D eigenvalue weighted by Crippen LogP contribution is 2.33. The fraction of sp³-hybridized carbons (Fsp3) is 0.708. The summed E-state index contributed by atoms with van der Waals surface area (Å²) in [6.45, 7) is 10.3. The number of halogens is 1. The van der Waals surface area contributed by atoms with Crippen molar-refractivity contribution in [3.63, 3.8) is 0 Å². The SMILES string of the molecule is CC(C)(C)OC(=O)N1CCC(N2CC3CCC2CN(Cc2ccccc2)C3)C(F)C1. The zero-order valence-corrected chi connectivity index (χ0v) is 18.6. The van der Waals surface area contributed by atoms with Crippen LogP contribution in [0, 0.1) is 5.92 Å². The van der Waals surface area contributed by atoms with E-state index in [0.717, 1.165) is 32.6 Å². The number of nitrogens with zero attached hydrogens (tertiary/aromatic N) is 3. The number of rotatable bonds is 3. The molecule has 30 heavy (non-hydrogen) atoms. The van der Waals surface area contributed by atoms with E-state index in [1.54, 1.807) is 4.90 Å². The second-order valence-corrected chi connectivity index (χ2v) is 10.3. The van der Waals surface area contributed by atoms with Gasteiger partial charge in [0.05, 0.1) is 6.54 Å². The Morgan fingerprint density at radius 3 is 2.53 bits per heavy atom. The van der Waals surface area contributed by atoms with Gasteiger partial charge in [-0.2, -0.15) is 0 Å². The number of ether oxygens (including phenoxy) is 1. The summed E-state index contributed by atoms with van der Waals surface area (Å²) >= 11 is 0. The molecule has 6 heteroatoms. The summed E-state index contributed by atoms with van der Waals surface area (Å²) in [6, 6.07) is 10.9. The summed E-state index contributed by atoms with van der Waals surface area (Å²) in [5.41, 5.74) is 0.797. The Bertz CT molecular complexity index is 723. The first-order valence-corrected chi connectivity index (χ1v) is 11.4. The molecule has 1 aromatic carbocycles. The summed E-state index contributed by atoms with van der Waals surface area (Å²) < 4.78 is 20.7. The number of carbonyl (C=O) groups excluding carboxylic acids is 1. The molecule has 0 aromatic heterocycles. The van der Waals surface area contributed by atoms with E-state index < -0.39 is 17.9 Å². The molecule has 4 heterocycles. The molecule has 0 N–H and O–H groups in total. The standard InChI is InChI=1S/C24H36FN3O2/c1-24(2,3)30-23(29)27-12-11-22(21(25)17-27)28-15-19-9-10-20(28)16-26(14-19)13-18-7-5-4-6-8-18/h4-8,19-22H,9-17H2,1-3H3. The van der Waals surface area contributed by atoms with E-state index in [1.807, 2.05) is 20.8 Å². The van der Waals surface area contributed by atoms with Gasteiger partial charge >= 0.3 is 6.09 Å². The lowest BCUT2D eigenvalue weighted by atomic mass is 9.90. The number of fused-ring (bicyclic) bond motifs is 4. The largest absolute Gasteiger partial charge is 0.444 e. The monoisotopic (exact) mass is 417 g/mol. The predicted molar refractivity (Wildman–Crippen MR) is 116 cm³/mol. The van der Waals surface area contributed by atoms with Crippen LogP contribution in [0.3, 0.4) is 0 Å². The van der Waals surface area contributed by atoms with Crippen LogP contribution >= 0.6 is 0 Å². The summed E-state index contributed by atoms with van der Waals surface area (Å²) in [7, 11) is 0. The maximum Gasteiger partial charge on any atom is 0.410 e. The smallest absolute Gasteiger partial charge is 0.410 e. The number of alkyl halides is 1. The van der Waals surface area contributed by atoms with Crippen LogP contribution in [0.25, 0.3) is 0 Å². The zero-order valence-electron chi connectivity index (χ0n) is 18.6. The van der Waals surface area contributed by atoms with Gasteiger partial charge in [-0.3, -0.25) is 9.80 Å². The quantitative estimate of drug-likeness (QED) is 0.747. The van der Waals surface area contributed by atoms with Crippen molar-refractivity contribution >= 4 is 6.09 Å². The van der Waals surface area contributed by atoms with Gasteiger partial charge < -0.3 is 9.64 Å².